The zero-order valence-electron chi connectivity index (χ0n) is 13.8. The minimum absolute atomic E-state index is 0.156. The molecule has 25 heavy (non-hydrogen) atoms. The number of amides is 1. The van der Waals surface area contributed by atoms with Crippen molar-refractivity contribution in [2.24, 2.45) is 5.10 Å². The number of carbonyl (C=O) groups excluding carboxylic acids is 1. The van der Waals surface area contributed by atoms with Gasteiger partial charge >= 0.3 is 5.97 Å². The molecule has 1 heterocycles. The van der Waals surface area contributed by atoms with Gasteiger partial charge in [0.05, 0.1) is 29.6 Å². The van der Waals surface area contributed by atoms with Crippen LogP contribution in [-0.2, 0) is 4.79 Å². The van der Waals surface area contributed by atoms with E-state index in [1.54, 1.807) is 32.2 Å². The number of hydrazone groups is 1. The molecule has 0 aromatic heterocycles. The second-order valence-electron chi connectivity index (χ2n) is 5.49. The standard InChI is InChI=1S/C19H16N2O4/c1-12-17(11-13-4-3-5-16(10-13)25-2)18(22)21(20-12)15-8-6-14(7-9-15)19(23)24/h3-11H,1-2H3,(H,23,24)/b17-11+. The Morgan fingerprint density at radius 1 is 1.20 bits per heavy atom. The molecule has 3 rings (SSSR count). The predicted molar refractivity (Wildman–Crippen MR) is 95.0 cm³/mol. The van der Waals surface area contributed by atoms with Crippen LogP contribution in [-0.4, -0.2) is 29.8 Å². The Kier molecular flexibility index (Phi) is 4.35. The molecule has 0 atom stereocenters. The lowest BCUT2D eigenvalue weighted by atomic mass is 10.1. The minimum atomic E-state index is -1.02. The number of anilines is 1. The van der Waals surface area contributed by atoms with Crippen LogP contribution < -0.4 is 9.75 Å². The molecular formula is C19H16N2O4. The summed E-state index contributed by atoms with van der Waals surface area (Å²) in [6.07, 6.45) is 1.76. The summed E-state index contributed by atoms with van der Waals surface area (Å²) in [5, 5.41) is 14.5. The summed E-state index contributed by atoms with van der Waals surface area (Å²) in [6, 6.07) is 13.4. The van der Waals surface area contributed by atoms with Gasteiger partial charge < -0.3 is 9.84 Å². The van der Waals surface area contributed by atoms with Gasteiger partial charge in [-0.25, -0.2) is 4.79 Å². The number of benzene rings is 2. The molecule has 126 valence electrons. The van der Waals surface area contributed by atoms with Crippen molar-refractivity contribution in [2.45, 2.75) is 6.92 Å². The SMILES string of the molecule is COc1cccc(/C=C2/C(=O)N(c3ccc(C(=O)O)cc3)N=C2C)c1. The fourth-order valence-electron chi connectivity index (χ4n) is 2.50. The smallest absolute Gasteiger partial charge is 0.335 e. The third-order valence-electron chi connectivity index (χ3n) is 3.83. The van der Waals surface area contributed by atoms with E-state index in [0.717, 1.165) is 5.56 Å². The maximum absolute atomic E-state index is 12.7. The van der Waals surface area contributed by atoms with Crippen LogP contribution in [0.15, 0.2) is 59.2 Å². The molecule has 0 spiro atoms. The number of ether oxygens (including phenoxy) is 1. The van der Waals surface area contributed by atoms with Crippen LogP contribution in [0.5, 0.6) is 5.75 Å². The number of hydrogen-bond donors (Lipinski definition) is 1. The highest BCUT2D eigenvalue weighted by molar-refractivity contribution is 6.32. The topological polar surface area (TPSA) is 79.2 Å². The van der Waals surface area contributed by atoms with E-state index in [0.29, 0.717) is 22.7 Å². The van der Waals surface area contributed by atoms with E-state index < -0.39 is 5.97 Å². The molecule has 0 fully saturated rings. The molecular weight excluding hydrogens is 320 g/mol. The van der Waals surface area contributed by atoms with Crippen LogP contribution in [0.1, 0.15) is 22.8 Å². The van der Waals surface area contributed by atoms with Gasteiger partial charge in [-0.15, -0.1) is 0 Å². The van der Waals surface area contributed by atoms with Crippen molar-refractivity contribution in [3.8, 4) is 5.75 Å². The fourth-order valence-corrected chi connectivity index (χ4v) is 2.50. The maximum atomic E-state index is 12.7. The van der Waals surface area contributed by atoms with Crippen molar-refractivity contribution in [3.63, 3.8) is 0 Å². The molecule has 0 saturated carbocycles. The monoisotopic (exact) mass is 336 g/mol. The number of rotatable bonds is 4. The van der Waals surface area contributed by atoms with Crippen LogP contribution in [0.3, 0.4) is 0 Å². The molecule has 6 nitrogen and oxygen atoms in total. The second kappa shape index (κ2) is 6.60. The van der Waals surface area contributed by atoms with Gasteiger partial charge in [0.15, 0.2) is 0 Å². The molecule has 1 aliphatic heterocycles. The Balaban J connectivity index is 1.90. The summed E-state index contributed by atoms with van der Waals surface area (Å²) in [5.74, 6) is -0.573. The average molecular weight is 336 g/mol. The van der Waals surface area contributed by atoms with Gasteiger partial charge in [0.2, 0.25) is 0 Å². The Labute approximate surface area is 144 Å². The van der Waals surface area contributed by atoms with E-state index in [4.69, 9.17) is 9.84 Å². The Morgan fingerprint density at radius 2 is 1.92 bits per heavy atom. The van der Waals surface area contributed by atoms with Gasteiger partial charge in [0.1, 0.15) is 5.75 Å². The summed E-state index contributed by atoms with van der Waals surface area (Å²) < 4.78 is 5.19. The van der Waals surface area contributed by atoms with E-state index in [-0.39, 0.29) is 11.5 Å². The van der Waals surface area contributed by atoms with E-state index >= 15 is 0 Å². The molecule has 0 saturated heterocycles. The van der Waals surface area contributed by atoms with Crippen LogP contribution in [0.2, 0.25) is 0 Å². The molecule has 6 heteroatoms. The third-order valence-corrected chi connectivity index (χ3v) is 3.83. The van der Waals surface area contributed by atoms with Crippen molar-refractivity contribution >= 4 is 29.4 Å². The minimum Gasteiger partial charge on any atom is -0.497 e. The zero-order chi connectivity index (χ0) is 18.0. The first kappa shape index (κ1) is 16.4. The lowest BCUT2D eigenvalue weighted by molar-refractivity contribution is -0.114. The molecule has 2 aromatic rings. The molecule has 2 aromatic carbocycles. The molecule has 0 radical (unpaired) electrons. The summed E-state index contributed by atoms with van der Waals surface area (Å²) in [6.45, 7) is 1.76. The number of methoxy groups -OCH3 is 1. The summed E-state index contributed by atoms with van der Waals surface area (Å²) >= 11 is 0. The average Bonchev–Trinajstić information content (AvgIpc) is 2.90. The molecule has 0 aliphatic carbocycles. The number of nitrogens with zero attached hydrogens (tertiary/aromatic N) is 2. The first-order valence-corrected chi connectivity index (χ1v) is 7.59. The zero-order valence-corrected chi connectivity index (χ0v) is 13.8. The maximum Gasteiger partial charge on any atom is 0.335 e. The van der Waals surface area contributed by atoms with E-state index in [2.05, 4.69) is 5.10 Å². The quantitative estimate of drug-likeness (QED) is 0.870. The Morgan fingerprint density at radius 3 is 2.56 bits per heavy atom. The third kappa shape index (κ3) is 3.28. The summed E-state index contributed by atoms with van der Waals surface area (Å²) in [7, 11) is 1.59. The summed E-state index contributed by atoms with van der Waals surface area (Å²) in [4.78, 5) is 23.6. The lowest BCUT2D eigenvalue weighted by Gasteiger charge is -2.11. The Hall–Kier alpha value is -3.41. The van der Waals surface area contributed by atoms with E-state index in [1.165, 1.54) is 17.1 Å². The number of carboxylic acid groups (broad SMARTS) is 1. The van der Waals surface area contributed by atoms with Gasteiger partial charge in [-0.3, -0.25) is 4.79 Å². The predicted octanol–water partition coefficient (Wildman–Crippen LogP) is 3.20. The summed E-state index contributed by atoms with van der Waals surface area (Å²) in [5.41, 5.74) is 2.58. The highest BCUT2D eigenvalue weighted by Gasteiger charge is 2.28. The van der Waals surface area contributed by atoms with Crippen molar-refractivity contribution in [3.05, 3.63) is 65.2 Å². The fraction of sp³-hybridized carbons (Fsp3) is 0.105. The van der Waals surface area contributed by atoms with Crippen LogP contribution >= 0.6 is 0 Å². The van der Waals surface area contributed by atoms with Gasteiger partial charge in [-0.05, 0) is 55.0 Å². The molecule has 1 N–H and O–H groups in total. The first-order chi connectivity index (χ1) is 12.0. The molecule has 1 aliphatic rings. The molecule has 0 unspecified atom stereocenters. The number of aromatic carboxylic acids is 1. The lowest BCUT2D eigenvalue weighted by Crippen LogP contribution is -2.21. The van der Waals surface area contributed by atoms with Crippen molar-refractivity contribution in [1.29, 1.82) is 0 Å². The second-order valence-corrected chi connectivity index (χ2v) is 5.49. The molecule has 0 bridgehead atoms. The van der Waals surface area contributed by atoms with Crippen LogP contribution in [0.25, 0.3) is 6.08 Å². The Bertz CT molecular complexity index is 898. The van der Waals surface area contributed by atoms with Gasteiger partial charge in [0.25, 0.3) is 5.91 Å². The highest BCUT2D eigenvalue weighted by Crippen LogP contribution is 2.26. The van der Waals surface area contributed by atoms with E-state index in [9.17, 15) is 9.59 Å². The highest BCUT2D eigenvalue weighted by atomic mass is 16.5. The molecule has 1 amide bonds. The van der Waals surface area contributed by atoms with Gasteiger partial charge in [-0.2, -0.15) is 10.1 Å². The van der Waals surface area contributed by atoms with Gasteiger partial charge in [0, 0.05) is 0 Å². The number of carbonyl (C=O) groups is 2. The number of hydrogen-bond acceptors (Lipinski definition) is 4. The van der Waals surface area contributed by atoms with Crippen molar-refractivity contribution < 1.29 is 19.4 Å². The number of carboxylic acids is 1. The van der Waals surface area contributed by atoms with Crippen LogP contribution in [0, 0.1) is 0 Å². The first-order valence-electron chi connectivity index (χ1n) is 7.59. The van der Waals surface area contributed by atoms with Crippen molar-refractivity contribution in [2.75, 3.05) is 12.1 Å². The largest absolute Gasteiger partial charge is 0.497 e. The van der Waals surface area contributed by atoms with Gasteiger partial charge in [-0.1, -0.05) is 12.1 Å². The normalized spacial score (nSPS) is 15.4. The van der Waals surface area contributed by atoms with E-state index in [1.807, 2.05) is 24.3 Å². The van der Waals surface area contributed by atoms with Crippen LogP contribution in [0.4, 0.5) is 5.69 Å². The van der Waals surface area contributed by atoms with Crippen molar-refractivity contribution in [1.82, 2.24) is 0 Å².